The lowest BCUT2D eigenvalue weighted by molar-refractivity contribution is -0.180. The van der Waals surface area contributed by atoms with Gasteiger partial charge in [-0.15, -0.1) is 0 Å². The third-order valence-corrected chi connectivity index (χ3v) is 3.04. The van der Waals surface area contributed by atoms with Gasteiger partial charge in [-0.3, -0.25) is 0 Å². The molecule has 0 spiro atoms. The van der Waals surface area contributed by atoms with E-state index in [4.69, 9.17) is 10.2 Å². The molecule has 15 heavy (non-hydrogen) atoms. The van der Waals surface area contributed by atoms with Crippen molar-refractivity contribution in [1.29, 1.82) is 0 Å². The molecule has 0 aliphatic rings. The molecule has 0 aromatic heterocycles. The number of benzene rings is 1. The third-order valence-electron chi connectivity index (χ3n) is 1.86. The first-order valence-electron chi connectivity index (χ1n) is 4.51. The van der Waals surface area contributed by atoms with E-state index in [2.05, 4.69) is 4.43 Å². The zero-order chi connectivity index (χ0) is 11.3. The Morgan fingerprint density at radius 1 is 1.27 bits per heavy atom. The second-order valence-electron chi connectivity index (χ2n) is 3.05. The molecule has 6 heteroatoms. The van der Waals surface area contributed by atoms with E-state index in [-0.39, 0.29) is 0 Å². The quantitative estimate of drug-likeness (QED) is 0.437. The summed E-state index contributed by atoms with van der Waals surface area (Å²) in [6.45, 7) is -1.72. The Morgan fingerprint density at radius 2 is 2.00 bits per heavy atom. The van der Waals surface area contributed by atoms with Crippen molar-refractivity contribution in [3.8, 4) is 0 Å². The minimum Gasteiger partial charge on any atom is -0.379 e. The smallest absolute Gasteiger partial charge is 0.256 e. The van der Waals surface area contributed by atoms with Gasteiger partial charge in [0.1, 0.15) is 0 Å². The summed E-state index contributed by atoms with van der Waals surface area (Å²) in [5.41, 5.74) is 0.678. The molecule has 0 bridgehead atoms. The van der Waals surface area contributed by atoms with Gasteiger partial charge in [-0.25, -0.2) is 8.78 Å². The van der Waals surface area contributed by atoms with Crippen LogP contribution >= 0.6 is 0 Å². The molecule has 1 rings (SSSR count). The van der Waals surface area contributed by atoms with Crippen molar-refractivity contribution in [2.45, 2.75) is 18.9 Å². The number of aliphatic hydroxyl groups is 2. The van der Waals surface area contributed by atoms with Crippen molar-refractivity contribution in [3.05, 3.63) is 35.4 Å². The lowest BCUT2D eigenvalue weighted by atomic mass is 10.2. The fraction of sp³-hybridized carbons (Fsp3) is 0.333. The van der Waals surface area contributed by atoms with E-state index in [1.165, 1.54) is 6.07 Å². The van der Waals surface area contributed by atoms with Crippen molar-refractivity contribution in [2.75, 3.05) is 0 Å². The Bertz CT molecular complexity index is 320. The largest absolute Gasteiger partial charge is 0.379 e. The molecular formula is C9H12F2O3Si. The van der Waals surface area contributed by atoms with Crippen LogP contribution in [0.15, 0.2) is 18.2 Å². The molecule has 0 radical (unpaired) electrons. The summed E-state index contributed by atoms with van der Waals surface area (Å²) >= 11 is 0. The molecule has 0 unspecified atom stereocenters. The lowest BCUT2D eigenvalue weighted by Crippen LogP contribution is -2.13. The van der Waals surface area contributed by atoms with Crippen LogP contribution in [0, 0.1) is 11.6 Å². The molecule has 3 nitrogen and oxygen atoms in total. The van der Waals surface area contributed by atoms with Gasteiger partial charge in [-0.05, 0) is 30.2 Å². The molecule has 84 valence electrons. The predicted octanol–water partition coefficient (Wildman–Crippen LogP) is 0.294. The van der Waals surface area contributed by atoms with Gasteiger partial charge in [-0.1, -0.05) is 6.07 Å². The summed E-state index contributed by atoms with van der Waals surface area (Å²) in [5.74, 6) is -1.73. The Hall–Kier alpha value is -0.823. The first-order chi connectivity index (χ1) is 7.09. The van der Waals surface area contributed by atoms with Gasteiger partial charge < -0.3 is 14.6 Å². The molecule has 0 fully saturated rings. The van der Waals surface area contributed by atoms with Crippen LogP contribution in [0.25, 0.3) is 0 Å². The van der Waals surface area contributed by atoms with E-state index in [0.717, 1.165) is 12.1 Å². The van der Waals surface area contributed by atoms with E-state index < -0.39 is 27.9 Å². The van der Waals surface area contributed by atoms with Crippen LogP contribution in [0.1, 0.15) is 5.56 Å². The molecule has 0 saturated carbocycles. The summed E-state index contributed by atoms with van der Waals surface area (Å²) in [4.78, 5) is 0. The van der Waals surface area contributed by atoms with Gasteiger partial charge in [0.25, 0.3) is 6.48 Å². The molecule has 0 atom stereocenters. The number of rotatable bonds is 5. The standard InChI is InChI=1S/C9H12F2O3Si/c10-7-2-1-6(5-8(7)11)3-4-15-14-9(12)13/h1-2,5,9,12-13H,3-4,15H2. The second-order valence-corrected chi connectivity index (χ2v) is 4.50. The molecule has 0 aliphatic heterocycles. The van der Waals surface area contributed by atoms with E-state index in [0.29, 0.717) is 18.0 Å². The fourth-order valence-corrected chi connectivity index (χ4v) is 2.09. The summed E-state index contributed by atoms with van der Waals surface area (Å²) in [6.07, 6.45) is 0.552. The van der Waals surface area contributed by atoms with Crippen LogP contribution in [0.3, 0.4) is 0 Å². The molecule has 0 heterocycles. The zero-order valence-electron chi connectivity index (χ0n) is 7.99. The van der Waals surface area contributed by atoms with Crippen molar-refractivity contribution in [2.24, 2.45) is 0 Å². The van der Waals surface area contributed by atoms with Gasteiger partial charge in [0.2, 0.25) is 0 Å². The maximum atomic E-state index is 12.7. The molecule has 0 aliphatic carbocycles. The van der Waals surface area contributed by atoms with Crippen LogP contribution < -0.4 is 0 Å². The van der Waals surface area contributed by atoms with Crippen molar-refractivity contribution in [3.63, 3.8) is 0 Å². The fourth-order valence-electron chi connectivity index (χ4n) is 1.16. The maximum Gasteiger partial charge on any atom is 0.256 e. The zero-order valence-corrected chi connectivity index (χ0v) is 9.40. The molecule has 1 aromatic rings. The molecule has 2 N–H and O–H groups in total. The molecule has 0 amide bonds. The van der Waals surface area contributed by atoms with E-state index in [9.17, 15) is 8.78 Å². The third kappa shape index (κ3) is 4.48. The van der Waals surface area contributed by atoms with Gasteiger partial charge in [0.15, 0.2) is 21.4 Å². The number of aryl methyl sites for hydroxylation is 1. The van der Waals surface area contributed by atoms with Crippen LogP contribution in [0.2, 0.25) is 6.04 Å². The average molecular weight is 234 g/mol. The van der Waals surface area contributed by atoms with Gasteiger partial charge in [0.05, 0.1) is 0 Å². The number of aliphatic hydroxyl groups excluding tert-OH is 1. The highest BCUT2D eigenvalue weighted by Crippen LogP contribution is 2.10. The Morgan fingerprint density at radius 3 is 2.60 bits per heavy atom. The van der Waals surface area contributed by atoms with Crippen molar-refractivity contribution in [1.82, 2.24) is 0 Å². The summed E-state index contributed by atoms with van der Waals surface area (Å²) in [6, 6.07) is 4.36. The molecule has 0 saturated heterocycles. The number of hydrogen-bond donors (Lipinski definition) is 2. The van der Waals surface area contributed by atoms with Crippen LogP contribution in [0.4, 0.5) is 8.78 Å². The molecular weight excluding hydrogens is 222 g/mol. The first-order valence-corrected chi connectivity index (χ1v) is 6.09. The Balaban J connectivity index is 2.35. The Labute approximate surface area is 88.3 Å². The summed E-state index contributed by atoms with van der Waals surface area (Å²) in [7, 11) is -1.02. The highest BCUT2D eigenvalue weighted by molar-refractivity contribution is 6.27. The summed E-state index contributed by atoms with van der Waals surface area (Å²) in [5, 5.41) is 16.8. The number of halogens is 2. The van der Waals surface area contributed by atoms with Crippen LogP contribution in [0.5, 0.6) is 0 Å². The first kappa shape index (κ1) is 12.2. The number of hydrogen-bond acceptors (Lipinski definition) is 3. The molecule has 1 aromatic carbocycles. The monoisotopic (exact) mass is 234 g/mol. The van der Waals surface area contributed by atoms with E-state index in [1.807, 2.05) is 0 Å². The summed E-state index contributed by atoms with van der Waals surface area (Å²) < 4.78 is 29.9. The van der Waals surface area contributed by atoms with Crippen molar-refractivity contribution < 1.29 is 23.4 Å². The minimum absolute atomic E-state index is 0.552. The van der Waals surface area contributed by atoms with Gasteiger partial charge >= 0.3 is 0 Å². The average Bonchev–Trinajstić information content (AvgIpc) is 2.18. The van der Waals surface area contributed by atoms with E-state index >= 15 is 0 Å². The lowest BCUT2D eigenvalue weighted by Gasteiger charge is -2.05. The minimum atomic E-state index is -1.72. The van der Waals surface area contributed by atoms with Gasteiger partial charge in [-0.2, -0.15) is 0 Å². The van der Waals surface area contributed by atoms with E-state index in [1.54, 1.807) is 0 Å². The Kier molecular flexibility index (Phi) is 4.83. The maximum absolute atomic E-state index is 12.7. The van der Waals surface area contributed by atoms with Crippen LogP contribution in [-0.4, -0.2) is 26.5 Å². The highest BCUT2D eigenvalue weighted by atomic mass is 28.2. The van der Waals surface area contributed by atoms with Gasteiger partial charge in [0, 0.05) is 0 Å². The highest BCUT2D eigenvalue weighted by Gasteiger charge is 2.03. The second kappa shape index (κ2) is 5.91. The van der Waals surface area contributed by atoms with Crippen LogP contribution in [-0.2, 0) is 10.8 Å². The van der Waals surface area contributed by atoms with Crippen molar-refractivity contribution >= 4 is 9.76 Å². The topological polar surface area (TPSA) is 49.7 Å². The predicted molar refractivity (Wildman–Crippen MR) is 52.7 cm³/mol. The normalized spacial score (nSPS) is 11.8. The SMILES string of the molecule is OC(O)O[SiH2]CCc1ccc(F)c(F)c1.